The smallest absolute Gasteiger partial charge is 0.258 e. The molecule has 264 valence electrons. The van der Waals surface area contributed by atoms with Gasteiger partial charge < -0.3 is 18.9 Å². The van der Waals surface area contributed by atoms with Gasteiger partial charge in [-0.05, 0) is 85.1 Å². The van der Waals surface area contributed by atoms with Crippen LogP contribution in [0.2, 0.25) is 0 Å². The fourth-order valence-electron chi connectivity index (χ4n) is 5.49. The Balaban J connectivity index is 0.830. The molecular formula is C43H45NO7. The van der Waals surface area contributed by atoms with Crippen molar-refractivity contribution in [2.75, 3.05) is 31.3 Å². The zero-order chi connectivity index (χ0) is 35.5. The number of hydrogen-bond donors (Lipinski definition) is 0. The lowest BCUT2D eigenvalue weighted by Gasteiger charge is -2.14. The lowest BCUT2D eigenvalue weighted by molar-refractivity contribution is -0.120. The first-order chi connectivity index (χ1) is 25.0. The Hall–Kier alpha value is -5.63. The summed E-state index contributed by atoms with van der Waals surface area (Å²) in [4.78, 5) is 37.0. The molecule has 0 unspecified atom stereocenters. The highest BCUT2D eigenvalue weighted by atomic mass is 16.5. The van der Waals surface area contributed by atoms with Crippen molar-refractivity contribution in [1.29, 1.82) is 0 Å². The van der Waals surface area contributed by atoms with Gasteiger partial charge in [0.1, 0.15) is 36.2 Å². The molecule has 1 heterocycles. The number of ketones is 1. The minimum atomic E-state index is -0.319. The molecule has 0 saturated heterocycles. The monoisotopic (exact) mass is 687 g/mol. The maximum Gasteiger partial charge on any atom is 0.258 e. The summed E-state index contributed by atoms with van der Waals surface area (Å²) in [5.41, 5.74) is 2.15. The van der Waals surface area contributed by atoms with E-state index >= 15 is 0 Å². The lowest BCUT2D eigenvalue weighted by Crippen LogP contribution is -2.29. The third-order valence-corrected chi connectivity index (χ3v) is 8.29. The van der Waals surface area contributed by atoms with Gasteiger partial charge in [-0.1, -0.05) is 87.1 Å². The van der Waals surface area contributed by atoms with Gasteiger partial charge in [0, 0.05) is 17.7 Å². The van der Waals surface area contributed by atoms with Gasteiger partial charge in [0.05, 0.1) is 18.9 Å². The highest BCUT2D eigenvalue weighted by Crippen LogP contribution is 2.23. The molecule has 4 aromatic carbocycles. The van der Waals surface area contributed by atoms with Gasteiger partial charge in [-0.25, -0.2) is 4.90 Å². The van der Waals surface area contributed by atoms with E-state index in [1.54, 1.807) is 48.6 Å². The molecule has 4 aromatic rings. The molecule has 0 aliphatic carbocycles. The summed E-state index contributed by atoms with van der Waals surface area (Å²) in [5.74, 6) is 2.42. The van der Waals surface area contributed by atoms with Gasteiger partial charge >= 0.3 is 0 Å². The quantitative estimate of drug-likeness (QED) is 0.0352. The van der Waals surface area contributed by atoms with E-state index < -0.39 is 0 Å². The number of rotatable bonds is 22. The van der Waals surface area contributed by atoms with Crippen LogP contribution in [0.3, 0.4) is 0 Å². The van der Waals surface area contributed by atoms with Crippen LogP contribution in [0.5, 0.6) is 23.0 Å². The van der Waals surface area contributed by atoms with Crippen molar-refractivity contribution in [2.24, 2.45) is 0 Å². The standard InChI is InChI=1S/C43H45NO7/c45-41(35-12-8-7-9-13-35)27-16-34-14-19-37(20-15-34)50-32-33-51-40-25-23-39(24-26-40)49-31-11-6-4-2-1-3-5-10-30-48-38-21-17-36(18-22-38)44-42(46)28-29-43(44)47/h7-9,12-29H,1-6,10-11,30-33H2. The number of ether oxygens (including phenoxy) is 4. The number of amides is 2. The highest BCUT2D eigenvalue weighted by molar-refractivity contribution is 6.28. The van der Waals surface area contributed by atoms with Crippen LogP contribution in [0.1, 0.15) is 67.3 Å². The summed E-state index contributed by atoms with van der Waals surface area (Å²) >= 11 is 0. The SMILES string of the molecule is O=C(C=Cc1ccc(OCCOc2ccc(OCCCCCCCCCCOc3ccc(N4C(=O)C=CC4=O)cc3)cc2)cc1)c1ccccc1. The minimum Gasteiger partial charge on any atom is -0.494 e. The normalized spacial score (nSPS) is 12.4. The topological polar surface area (TPSA) is 91.4 Å². The summed E-state index contributed by atoms with van der Waals surface area (Å²) in [5, 5.41) is 0. The number of allylic oxidation sites excluding steroid dienone is 1. The maximum atomic E-state index is 12.2. The summed E-state index contributed by atoms with van der Waals surface area (Å²) in [6, 6.07) is 31.5. The predicted octanol–water partition coefficient (Wildman–Crippen LogP) is 9.05. The number of carbonyl (C=O) groups excluding carboxylic acids is 3. The lowest BCUT2D eigenvalue weighted by atomic mass is 10.1. The number of unbranched alkanes of at least 4 members (excludes halogenated alkanes) is 7. The first-order valence-corrected chi connectivity index (χ1v) is 17.7. The third kappa shape index (κ3) is 12.3. The fraction of sp³-hybridized carbons (Fsp3) is 0.279. The average Bonchev–Trinajstić information content (AvgIpc) is 3.51. The molecule has 0 N–H and O–H groups in total. The largest absolute Gasteiger partial charge is 0.494 e. The van der Waals surface area contributed by atoms with E-state index in [-0.39, 0.29) is 17.6 Å². The molecule has 0 bridgehead atoms. The molecule has 5 rings (SSSR count). The second kappa shape index (κ2) is 20.1. The van der Waals surface area contributed by atoms with Crippen molar-refractivity contribution < 1.29 is 33.3 Å². The number of nitrogens with zero attached hydrogens (tertiary/aromatic N) is 1. The Labute approximate surface area is 300 Å². The first-order valence-electron chi connectivity index (χ1n) is 17.7. The molecule has 0 radical (unpaired) electrons. The molecule has 0 atom stereocenters. The number of benzene rings is 4. The van der Waals surface area contributed by atoms with E-state index in [0.717, 1.165) is 59.1 Å². The Bertz CT molecular complexity index is 1710. The molecule has 2 amide bonds. The van der Waals surface area contributed by atoms with Crippen molar-refractivity contribution >= 4 is 29.4 Å². The van der Waals surface area contributed by atoms with Gasteiger partial charge in [0.2, 0.25) is 0 Å². The van der Waals surface area contributed by atoms with Gasteiger partial charge in [-0.2, -0.15) is 0 Å². The Morgan fingerprint density at radius 1 is 0.490 bits per heavy atom. The second-order valence-electron chi connectivity index (χ2n) is 12.2. The van der Waals surface area contributed by atoms with E-state index in [2.05, 4.69) is 0 Å². The highest BCUT2D eigenvalue weighted by Gasteiger charge is 2.24. The van der Waals surface area contributed by atoms with E-state index in [9.17, 15) is 14.4 Å². The van der Waals surface area contributed by atoms with Crippen LogP contribution < -0.4 is 23.8 Å². The molecule has 8 nitrogen and oxygen atoms in total. The maximum absolute atomic E-state index is 12.2. The molecular weight excluding hydrogens is 642 g/mol. The van der Waals surface area contributed by atoms with Crippen molar-refractivity contribution in [3.8, 4) is 23.0 Å². The van der Waals surface area contributed by atoms with Crippen LogP contribution in [-0.2, 0) is 9.59 Å². The van der Waals surface area contributed by atoms with Gasteiger partial charge in [0.15, 0.2) is 5.78 Å². The molecule has 0 fully saturated rings. The average molecular weight is 688 g/mol. The molecule has 0 spiro atoms. The van der Waals surface area contributed by atoms with Crippen LogP contribution in [0.25, 0.3) is 6.08 Å². The fourth-order valence-corrected chi connectivity index (χ4v) is 5.49. The van der Waals surface area contributed by atoms with Crippen molar-refractivity contribution in [3.05, 3.63) is 132 Å². The second-order valence-corrected chi connectivity index (χ2v) is 12.2. The third-order valence-electron chi connectivity index (χ3n) is 8.29. The molecule has 0 saturated carbocycles. The Morgan fingerprint density at radius 2 is 0.902 bits per heavy atom. The van der Waals surface area contributed by atoms with Crippen LogP contribution in [0, 0.1) is 0 Å². The number of imide groups is 1. The van der Waals surface area contributed by atoms with Crippen molar-refractivity contribution in [1.82, 2.24) is 0 Å². The van der Waals surface area contributed by atoms with Crippen LogP contribution in [0.15, 0.2) is 121 Å². The Morgan fingerprint density at radius 3 is 1.39 bits per heavy atom. The van der Waals surface area contributed by atoms with Crippen LogP contribution in [0.4, 0.5) is 5.69 Å². The van der Waals surface area contributed by atoms with E-state index in [1.165, 1.54) is 37.8 Å². The zero-order valence-corrected chi connectivity index (χ0v) is 28.9. The molecule has 1 aliphatic heterocycles. The van der Waals surface area contributed by atoms with E-state index in [0.29, 0.717) is 37.7 Å². The molecule has 0 aromatic heterocycles. The summed E-state index contributed by atoms with van der Waals surface area (Å²) < 4.78 is 23.3. The zero-order valence-electron chi connectivity index (χ0n) is 28.9. The molecule has 8 heteroatoms. The van der Waals surface area contributed by atoms with Crippen molar-refractivity contribution in [3.63, 3.8) is 0 Å². The summed E-state index contributed by atoms with van der Waals surface area (Å²) in [6.07, 6.45) is 15.1. The van der Waals surface area contributed by atoms with Gasteiger partial charge in [0.25, 0.3) is 11.8 Å². The number of carbonyl (C=O) groups is 3. The van der Waals surface area contributed by atoms with Gasteiger partial charge in [-0.15, -0.1) is 0 Å². The minimum absolute atomic E-state index is 0.0262. The van der Waals surface area contributed by atoms with Crippen LogP contribution >= 0.6 is 0 Å². The number of anilines is 1. The molecule has 51 heavy (non-hydrogen) atoms. The van der Waals surface area contributed by atoms with Crippen molar-refractivity contribution in [2.45, 2.75) is 51.4 Å². The van der Waals surface area contributed by atoms with E-state index in [4.69, 9.17) is 18.9 Å². The summed E-state index contributed by atoms with van der Waals surface area (Å²) in [6.45, 7) is 2.18. The number of hydrogen-bond acceptors (Lipinski definition) is 7. The van der Waals surface area contributed by atoms with E-state index in [1.807, 2.05) is 66.7 Å². The first kappa shape index (κ1) is 36.6. The van der Waals surface area contributed by atoms with Gasteiger partial charge in [-0.3, -0.25) is 14.4 Å². The Kier molecular flexibility index (Phi) is 14.5. The predicted molar refractivity (Wildman–Crippen MR) is 200 cm³/mol. The molecule has 1 aliphatic rings. The summed E-state index contributed by atoms with van der Waals surface area (Å²) in [7, 11) is 0. The van der Waals surface area contributed by atoms with Crippen LogP contribution in [-0.4, -0.2) is 44.0 Å².